The fourth-order valence-corrected chi connectivity index (χ4v) is 2.57. The van der Waals surface area contributed by atoms with Gasteiger partial charge in [0.05, 0.1) is 12.2 Å². The van der Waals surface area contributed by atoms with Crippen LogP contribution in [0.3, 0.4) is 0 Å². The molecule has 4 heteroatoms. The number of nitrogens with one attached hydrogen (secondary N) is 1. The zero-order valence-corrected chi connectivity index (χ0v) is 11.2. The van der Waals surface area contributed by atoms with Crippen LogP contribution < -0.4 is 10.5 Å². The van der Waals surface area contributed by atoms with Crippen LogP contribution in [0.15, 0.2) is 18.2 Å². The maximum absolute atomic E-state index is 7.53. The SMILES string of the molecule is N=C(N)c1cc(Cl)ccc1OCC1CCCCC1. The summed E-state index contributed by atoms with van der Waals surface area (Å²) in [5.74, 6) is 1.29. The second-order valence-electron chi connectivity index (χ2n) is 4.87. The molecule has 1 fully saturated rings. The number of hydrogen-bond donors (Lipinski definition) is 2. The predicted molar refractivity (Wildman–Crippen MR) is 74.5 cm³/mol. The summed E-state index contributed by atoms with van der Waals surface area (Å²) in [5, 5.41) is 8.11. The van der Waals surface area contributed by atoms with E-state index in [0.717, 1.165) is 0 Å². The molecule has 3 N–H and O–H groups in total. The van der Waals surface area contributed by atoms with Gasteiger partial charge in [0.15, 0.2) is 0 Å². The highest BCUT2D eigenvalue weighted by Crippen LogP contribution is 2.27. The molecule has 0 aromatic heterocycles. The van der Waals surface area contributed by atoms with E-state index in [4.69, 9.17) is 27.5 Å². The largest absolute Gasteiger partial charge is 0.493 e. The average molecular weight is 267 g/mol. The molecule has 18 heavy (non-hydrogen) atoms. The van der Waals surface area contributed by atoms with Crippen molar-refractivity contribution in [1.29, 1.82) is 5.41 Å². The van der Waals surface area contributed by atoms with Gasteiger partial charge in [-0.3, -0.25) is 5.41 Å². The minimum atomic E-state index is -0.00357. The van der Waals surface area contributed by atoms with Crippen LogP contribution in [-0.2, 0) is 0 Å². The molecule has 1 aliphatic carbocycles. The third-order valence-corrected chi connectivity index (χ3v) is 3.67. The summed E-state index contributed by atoms with van der Waals surface area (Å²) in [7, 11) is 0. The smallest absolute Gasteiger partial charge is 0.130 e. The fraction of sp³-hybridized carbons (Fsp3) is 0.500. The van der Waals surface area contributed by atoms with Gasteiger partial charge in [-0.1, -0.05) is 30.9 Å². The molecule has 2 rings (SSSR count). The summed E-state index contributed by atoms with van der Waals surface area (Å²) in [6.07, 6.45) is 6.42. The van der Waals surface area contributed by atoms with Crippen molar-refractivity contribution in [3.05, 3.63) is 28.8 Å². The summed E-state index contributed by atoms with van der Waals surface area (Å²) < 4.78 is 5.81. The lowest BCUT2D eigenvalue weighted by molar-refractivity contribution is 0.208. The first kappa shape index (κ1) is 13.2. The minimum Gasteiger partial charge on any atom is -0.493 e. The van der Waals surface area contributed by atoms with Crippen LogP contribution in [0.2, 0.25) is 5.02 Å². The molecule has 0 aliphatic heterocycles. The van der Waals surface area contributed by atoms with Gasteiger partial charge in [-0.15, -0.1) is 0 Å². The second-order valence-corrected chi connectivity index (χ2v) is 5.31. The van der Waals surface area contributed by atoms with Gasteiger partial charge in [-0.05, 0) is 37.0 Å². The number of benzene rings is 1. The van der Waals surface area contributed by atoms with Crippen LogP contribution in [0.25, 0.3) is 0 Å². The van der Waals surface area contributed by atoms with Crippen molar-refractivity contribution in [3.63, 3.8) is 0 Å². The van der Waals surface area contributed by atoms with Gasteiger partial charge in [-0.2, -0.15) is 0 Å². The van der Waals surface area contributed by atoms with Crippen molar-refractivity contribution in [1.82, 2.24) is 0 Å². The number of rotatable bonds is 4. The van der Waals surface area contributed by atoms with Crippen LogP contribution in [0.4, 0.5) is 0 Å². The minimum absolute atomic E-state index is 0.00357. The number of nitrogens with two attached hydrogens (primary N) is 1. The van der Waals surface area contributed by atoms with Gasteiger partial charge in [0, 0.05) is 5.02 Å². The summed E-state index contributed by atoms with van der Waals surface area (Å²) in [6.45, 7) is 0.710. The van der Waals surface area contributed by atoms with E-state index in [0.29, 0.717) is 28.9 Å². The predicted octanol–water partition coefficient (Wildman–Crippen LogP) is 3.58. The summed E-state index contributed by atoms with van der Waals surface area (Å²) in [6, 6.07) is 5.24. The Morgan fingerprint density at radius 1 is 1.33 bits per heavy atom. The van der Waals surface area contributed by atoms with Crippen molar-refractivity contribution < 1.29 is 4.74 Å². The van der Waals surface area contributed by atoms with Crippen LogP contribution in [0.1, 0.15) is 37.7 Å². The van der Waals surface area contributed by atoms with Crippen LogP contribution in [0.5, 0.6) is 5.75 Å². The second kappa shape index (κ2) is 6.10. The lowest BCUT2D eigenvalue weighted by Crippen LogP contribution is -2.18. The van der Waals surface area contributed by atoms with Gasteiger partial charge in [0.25, 0.3) is 0 Å². The highest BCUT2D eigenvalue weighted by atomic mass is 35.5. The summed E-state index contributed by atoms with van der Waals surface area (Å²) in [4.78, 5) is 0. The Hall–Kier alpha value is -1.22. The molecule has 0 unspecified atom stereocenters. The Labute approximate surface area is 113 Å². The number of halogens is 1. The van der Waals surface area contributed by atoms with Gasteiger partial charge in [0.1, 0.15) is 11.6 Å². The molecule has 1 aromatic rings. The van der Waals surface area contributed by atoms with Crippen LogP contribution in [-0.4, -0.2) is 12.4 Å². The Kier molecular flexibility index (Phi) is 4.48. The highest BCUT2D eigenvalue weighted by molar-refractivity contribution is 6.31. The van der Waals surface area contributed by atoms with Crippen molar-refractivity contribution in [3.8, 4) is 5.75 Å². The molecule has 0 radical (unpaired) electrons. The van der Waals surface area contributed by atoms with E-state index in [2.05, 4.69) is 0 Å². The van der Waals surface area contributed by atoms with Crippen molar-refractivity contribution in [2.75, 3.05) is 6.61 Å². The Morgan fingerprint density at radius 3 is 2.72 bits per heavy atom. The zero-order chi connectivity index (χ0) is 13.0. The average Bonchev–Trinajstić information content (AvgIpc) is 2.38. The van der Waals surface area contributed by atoms with E-state index in [1.165, 1.54) is 32.1 Å². The number of amidine groups is 1. The molecular formula is C14H19ClN2O. The molecule has 0 spiro atoms. The standard InChI is InChI=1S/C14H19ClN2O/c15-11-6-7-13(12(8-11)14(16)17)18-9-10-4-2-1-3-5-10/h6-8,10H,1-5,9H2,(H3,16,17). The third-order valence-electron chi connectivity index (χ3n) is 3.43. The molecule has 0 amide bonds. The molecule has 1 aromatic carbocycles. The van der Waals surface area contributed by atoms with E-state index < -0.39 is 0 Å². The quantitative estimate of drug-likeness (QED) is 0.646. The molecule has 0 saturated heterocycles. The molecule has 1 aliphatic rings. The van der Waals surface area contributed by atoms with E-state index in [1.54, 1.807) is 18.2 Å². The Balaban J connectivity index is 2.01. The third kappa shape index (κ3) is 3.39. The van der Waals surface area contributed by atoms with Crippen molar-refractivity contribution in [2.45, 2.75) is 32.1 Å². The zero-order valence-electron chi connectivity index (χ0n) is 10.4. The molecule has 0 heterocycles. The molecule has 3 nitrogen and oxygen atoms in total. The van der Waals surface area contributed by atoms with Gasteiger partial charge < -0.3 is 10.5 Å². The maximum Gasteiger partial charge on any atom is 0.130 e. The molecular weight excluding hydrogens is 248 g/mol. The highest BCUT2D eigenvalue weighted by Gasteiger charge is 2.15. The topological polar surface area (TPSA) is 59.1 Å². The van der Waals surface area contributed by atoms with E-state index in [1.807, 2.05) is 0 Å². The van der Waals surface area contributed by atoms with Crippen LogP contribution >= 0.6 is 11.6 Å². The Morgan fingerprint density at radius 2 is 2.06 bits per heavy atom. The first-order valence-corrected chi connectivity index (χ1v) is 6.81. The van der Waals surface area contributed by atoms with Crippen molar-refractivity contribution in [2.24, 2.45) is 11.7 Å². The first-order chi connectivity index (χ1) is 8.66. The van der Waals surface area contributed by atoms with E-state index >= 15 is 0 Å². The van der Waals surface area contributed by atoms with Crippen molar-refractivity contribution >= 4 is 17.4 Å². The van der Waals surface area contributed by atoms with E-state index in [9.17, 15) is 0 Å². The molecule has 1 saturated carbocycles. The number of hydrogen-bond acceptors (Lipinski definition) is 2. The summed E-state index contributed by atoms with van der Waals surface area (Å²) >= 11 is 5.90. The monoisotopic (exact) mass is 266 g/mol. The lowest BCUT2D eigenvalue weighted by atomic mass is 9.90. The first-order valence-electron chi connectivity index (χ1n) is 6.43. The molecule has 0 bridgehead atoms. The van der Waals surface area contributed by atoms with Gasteiger partial charge in [0.2, 0.25) is 0 Å². The fourth-order valence-electron chi connectivity index (χ4n) is 2.40. The summed E-state index contributed by atoms with van der Waals surface area (Å²) in [5.41, 5.74) is 6.12. The van der Waals surface area contributed by atoms with E-state index in [-0.39, 0.29) is 5.84 Å². The maximum atomic E-state index is 7.53. The number of nitrogen functional groups attached to an aromatic ring is 1. The number of ether oxygens (including phenoxy) is 1. The Bertz CT molecular complexity index is 428. The molecule has 0 atom stereocenters. The lowest BCUT2D eigenvalue weighted by Gasteiger charge is -2.22. The normalized spacial score (nSPS) is 16.5. The van der Waals surface area contributed by atoms with Gasteiger partial charge in [-0.25, -0.2) is 0 Å². The molecule has 98 valence electrons. The van der Waals surface area contributed by atoms with Gasteiger partial charge >= 0.3 is 0 Å². The van der Waals surface area contributed by atoms with Crippen LogP contribution in [0, 0.1) is 11.3 Å².